The van der Waals surface area contributed by atoms with Crippen molar-refractivity contribution in [1.29, 1.82) is 0 Å². The fraction of sp³-hybridized carbons (Fsp3) is 0.200. The summed E-state index contributed by atoms with van der Waals surface area (Å²) in [5, 5.41) is 0. The number of para-hydroxylation sites is 2. The molecule has 0 aromatic heterocycles. The molecule has 142 valence electrons. The standard InChI is InChI=1S/C25H21N3O/c1-16-7-5-9-18(15-16)23-26-25(19-10-3-4-12-21(19)27(2)24(25)29)20-11-6-8-17-13-14-28(23)22(17)20/h3-12,15H,13-14H2,1-2H3. The van der Waals surface area contributed by atoms with Gasteiger partial charge in [0.25, 0.3) is 5.91 Å². The smallest absolute Gasteiger partial charge is 0.264 e. The quantitative estimate of drug-likeness (QED) is 0.640. The van der Waals surface area contributed by atoms with Crippen molar-refractivity contribution < 1.29 is 4.79 Å². The molecule has 0 saturated carbocycles. The minimum Gasteiger partial charge on any atom is -0.325 e. The Balaban J connectivity index is 1.73. The Kier molecular flexibility index (Phi) is 3.18. The fourth-order valence-corrected chi connectivity index (χ4v) is 5.15. The first-order valence-electron chi connectivity index (χ1n) is 10.1. The number of aliphatic imine (C=N–C) groups is 1. The first-order valence-corrected chi connectivity index (χ1v) is 10.1. The Bertz CT molecular complexity index is 1230. The number of likely N-dealkylation sites (N-methyl/N-ethyl adjacent to an activating group) is 1. The van der Waals surface area contributed by atoms with E-state index in [1.54, 1.807) is 4.90 Å². The van der Waals surface area contributed by atoms with Gasteiger partial charge in [-0.1, -0.05) is 60.2 Å². The van der Waals surface area contributed by atoms with Gasteiger partial charge in [-0.3, -0.25) is 4.79 Å². The highest BCUT2D eigenvalue weighted by atomic mass is 16.2. The summed E-state index contributed by atoms with van der Waals surface area (Å²) in [5.41, 5.74) is 6.60. The van der Waals surface area contributed by atoms with Crippen LogP contribution in [0.4, 0.5) is 11.4 Å². The van der Waals surface area contributed by atoms with Gasteiger partial charge in [-0.15, -0.1) is 0 Å². The van der Waals surface area contributed by atoms with Crippen LogP contribution in [0.5, 0.6) is 0 Å². The average Bonchev–Trinajstić information content (AvgIpc) is 3.26. The minimum absolute atomic E-state index is 0.0174. The van der Waals surface area contributed by atoms with Gasteiger partial charge in [-0.05, 0) is 31.0 Å². The van der Waals surface area contributed by atoms with Crippen molar-refractivity contribution in [3.05, 3.63) is 94.5 Å². The molecular formula is C25H21N3O. The van der Waals surface area contributed by atoms with E-state index in [1.807, 2.05) is 25.2 Å². The van der Waals surface area contributed by atoms with Crippen LogP contribution in [-0.4, -0.2) is 25.3 Å². The molecule has 29 heavy (non-hydrogen) atoms. The molecule has 6 rings (SSSR count). The second-order valence-electron chi connectivity index (χ2n) is 8.11. The van der Waals surface area contributed by atoms with Gasteiger partial charge in [0.2, 0.25) is 0 Å². The zero-order chi connectivity index (χ0) is 19.8. The van der Waals surface area contributed by atoms with Crippen LogP contribution in [0, 0.1) is 6.92 Å². The van der Waals surface area contributed by atoms with Crippen molar-refractivity contribution in [2.45, 2.75) is 18.9 Å². The topological polar surface area (TPSA) is 35.9 Å². The Morgan fingerprint density at radius 3 is 2.62 bits per heavy atom. The highest BCUT2D eigenvalue weighted by Crippen LogP contribution is 2.53. The first kappa shape index (κ1) is 16.5. The van der Waals surface area contributed by atoms with Gasteiger partial charge in [-0.2, -0.15) is 0 Å². The van der Waals surface area contributed by atoms with Crippen LogP contribution < -0.4 is 9.80 Å². The summed E-state index contributed by atoms with van der Waals surface area (Å²) in [4.78, 5) is 23.1. The number of nitrogens with zero attached hydrogens (tertiary/aromatic N) is 3. The normalized spacial score (nSPS) is 21.4. The van der Waals surface area contributed by atoms with Crippen LogP contribution in [0.2, 0.25) is 0 Å². The Hall–Kier alpha value is -3.40. The number of benzene rings is 3. The van der Waals surface area contributed by atoms with Crippen LogP contribution in [0.25, 0.3) is 0 Å². The Labute approximate surface area is 170 Å². The average molecular weight is 379 g/mol. The molecule has 1 atom stereocenters. The van der Waals surface area contributed by atoms with E-state index in [2.05, 4.69) is 60.4 Å². The summed E-state index contributed by atoms with van der Waals surface area (Å²) in [6, 6.07) is 22.8. The van der Waals surface area contributed by atoms with Crippen LogP contribution in [0.3, 0.4) is 0 Å². The molecule has 0 saturated heterocycles. The van der Waals surface area contributed by atoms with Crippen LogP contribution in [0.15, 0.2) is 71.7 Å². The lowest BCUT2D eigenvalue weighted by Gasteiger charge is -2.37. The van der Waals surface area contributed by atoms with Crippen molar-refractivity contribution in [2.75, 3.05) is 23.4 Å². The predicted molar refractivity (Wildman–Crippen MR) is 116 cm³/mol. The molecule has 0 bridgehead atoms. The molecule has 3 aromatic rings. The van der Waals surface area contributed by atoms with Crippen molar-refractivity contribution in [3.8, 4) is 0 Å². The molecule has 1 unspecified atom stereocenters. The maximum Gasteiger partial charge on any atom is 0.264 e. The number of carbonyl (C=O) groups is 1. The van der Waals surface area contributed by atoms with E-state index in [1.165, 1.54) is 11.1 Å². The maximum atomic E-state index is 13.8. The number of hydrogen-bond acceptors (Lipinski definition) is 3. The van der Waals surface area contributed by atoms with Crippen LogP contribution in [-0.2, 0) is 16.8 Å². The first-order chi connectivity index (χ1) is 14.1. The number of hydrogen-bond donors (Lipinski definition) is 0. The summed E-state index contributed by atoms with van der Waals surface area (Å²) in [7, 11) is 1.85. The second-order valence-corrected chi connectivity index (χ2v) is 8.11. The third-order valence-electron chi connectivity index (χ3n) is 6.46. The number of carbonyl (C=O) groups excluding carboxylic acids is 1. The molecule has 3 aromatic carbocycles. The predicted octanol–water partition coefficient (Wildman–Crippen LogP) is 4.04. The van der Waals surface area contributed by atoms with E-state index in [0.29, 0.717) is 0 Å². The molecule has 1 amide bonds. The summed E-state index contributed by atoms with van der Waals surface area (Å²) in [6.07, 6.45) is 0.968. The van der Waals surface area contributed by atoms with Crippen LogP contribution >= 0.6 is 0 Å². The molecule has 4 nitrogen and oxygen atoms in total. The number of amidine groups is 1. The highest BCUT2D eigenvalue weighted by Gasteiger charge is 2.56. The number of amides is 1. The van der Waals surface area contributed by atoms with E-state index in [9.17, 15) is 4.79 Å². The SMILES string of the molecule is Cc1cccc(C2=NC3(C(=O)N(C)c4ccccc43)c3cccc4c3N2CC4)c1. The van der Waals surface area contributed by atoms with Gasteiger partial charge in [0.1, 0.15) is 5.84 Å². The fourth-order valence-electron chi connectivity index (χ4n) is 5.15. The maximum absolute atomic E-state index is 13.8. The number of rotatable bonds is 1. The van der Waals surface area contributed by atoms with E-state index in [4.69, 9.17) is 4.99 Å². The summed E-state index contributed by atoms with van der Waals surface area (Å²) in [5.74, 6) is 0.911. The van der Waals surface area contributed by atoms with Crippen molar-refractivity contribution in [3.63, 3.8) is 0 Å². The third kappa shape index (κ3) is 1.98. The zero-order valence-electron chi connectivity index (χ0n) is 16.5. The zero-order valence-corrected chi connectivity index (χ0v) is 16.5. The van der Waals surface area contributed by atoms with E-state index < -0.39 is 5.54 Å². The van der Waals surface area contributed by atoms with Gasteiger partial charge in [0.05, 0.1) is 5.69 Å². The van der Waals surface area contributed by atoms with Gasteiger partial charge < -0.3 is 9.80 Å². The summed E-state index contributed by atoms with van der Waals surface area (Å²) < 4.78 is 0. The molecular weight excluding hydrogens is 358 g/mol. The largest absolute Gasteiger partial charge is 0.325 e. The molecule has 0 radical (unpaired) electrons. The molecule has 0 N–H and O–H groups in total. The molecule has 0 aliphatic carbocycles. The molecule has 3 aliphatic rings. The Morgan fingerprint density at radius 1 is 0.966 bits per heavy atom. The molecule has 4 heteroatoms. The number of fused-ring (bicyclic) bond motifs is 3. The second kappa shape index (κ2) is 5.57. The molecule has 1 spiro atoms. The minimum atomic E-state index is -1.02. The van der Waals surface area contributed by atoms with Crippen molar-refractivity contribution in [1.82, 2.24) is 0 Å². The molecule has 3 heterocycles. The Morgan fingerprint density at radius 2 is 1.76 bits per heavy atom. The monoisotopic (exact) mass is 379 g/mol. The van der Waals surface area contributed by atoms with Gasteiger partial charge in [0.15, 0.2) is 5.54 Å². The van der Waals surface area contributed by atoms with Gasteiger partial charge in [0, 0.05) is 36.0 Å². The van der Waals surface area contributed by atoms with Gasteiger partial charge in [-0.25, -0.2) is 4.99 Å². The van der Waals surface area contributed by atoms with E-state index in [-0.39, 0.29) is 5.91 Å². The molecule has 0 fully saturated rings. The summed E-state index contributed by atoms with van der Waals surface area (Å²) in [6.45, 7) is 2.98. The molecule has 3 aliphatic heterocycles. The van der Waals surface area contributed by atoms with Crippen LogP contribution in [0.1, 0.15) is 27.8 Å². The van der Waals surface area contributed by atoms with E-state index >= 15 is 0 Å². The third-order valence-corrected chi connectivity index (χ3v) is 6.46. The number of anilines is 2. The number of aryl methyl sites for hydroxylation is 1. The van der Waals surface area contributed by atoms with E-state index in [0.717, 1.165) is 46.9 Å². The van der Waals surface area contributed by atoms with Crippen molar-refractivity contribution in [2.24, 2.45) is 4.99 Å². The lowest BCUT2D eigenvalue weighted by Crippen LogP contribution is -2.46. The summed E-state index contributed by atoms with van der Waals surface area (Å²) >= 11 is 0. The lowest BCUT2D eigenvalue weighted by atomic mass is 9.81. The van der Waals surface area contributed by atoms with Crippen molar-refractivity contribution >= 4 is 23.1 Å². The highest BCUT2D eigenvalue weighted by molar-refractivity contribution is 6.19. The lowest BCUT2D eigenvalue weighted by molar-refractivity contribution is -0.121. The van der Waals surface area contributed by atoms with Gasteiger partial charge >= 0.3 is 0 Å².